The average molecular weight is 392 g/mol. The Labute approximate surface area is 151 Å². The number of nitrogens with one attached hydrogen (secondary N) is 2. The number of nitrogen functional groups attached to an aromatic ring is 1. The van der Waals surface area contributed by atoms with Crippen LogP contribution < -0.4 is 21.9 Å². The fourth-order valence-electron chi connectivity index (χ4n) is 2.72. The second-order valence-corrected chi connectivity index (χ2v) is 7.00. The van der Waals surface area contributed by atoms with Gasteiger partial charge in [-0.1, -0.05) is 0 Å². The van der Waals surface area contributed by atoms with Crippen LogP contribution in [0, 0.1) is 0 Å². The van der Waals surface area contributed by atoms with Crippen LogP contribution in [-0.2, 0) is 14.9 Å². The Hall–Kier alpha value is -3.51. The molecular formula is C15H12N4O7S. The number of carbonyl (C=O) groups excluding carboxylic acids is 3. The summed E-state index contributed by atoms with van der Waals surface area (Å²) in [7, 11) is -4.79. The number of hydrogen-bond donors (Lipinski definition) is 4. The number of nitrogens with two attached hydrogens (primary N) is 1. The van der Waals surface area contributed by atoms with Crippen LogP contribution >= 0.6 is 0 Å². The van der Waals surface area contributed by atoms with Gasteiger partial charge in [0.05, 0.1) is 16.8 Å². The van der Waals surface area contributed by atoms with Crippen molar-refractivity contribution in [1.82, 2.24) is 9.88 Å². The number of nitrogens with zero attached hydrogens (tertiary/aromatic N) is 1. The van der Waals surface area contributed by atoms with E-state index in [4.69, 9.17) is 5.73 Å². The molecule has 1 aliphatic heterocycles. The summed E-state index contributed by atoms with van der Waals surface area (Å²) in [5, 5.41) is 4.37. The third-order valence-corrected chi connectivity index (χ3v) is 4.65. The van der Waals surface area contributed by atoms with Crippen LogP contribution in [0.2, 0.25) is 0 Å². The first-order chi connectivity index (χ1) is 12.5. The molecule has 0 saturated heterocycles. The van der Waals surface area contributed by atoms with Gasteiger partial charge in [-0.3, -0.25) is 33.6 Å². The highest BCUT2D eigenvalue weighted by atomic mass is 32.2. The first-order valence-electron chi connectivity index (χ1n) is 7.31. The number of anilines is 2. The second-order valence-electron chi connectivity index (χ2n) is 5.61. The average Bonchev–Trinajstić information content (AvgIpc) is 2.80. The minimum Gasteiger partial charge on any atom is -0.384 e. The summed E-state index contributed by atoms with van der Waals surface area (Å²) in [6.07, 6.45) is 0. The van der Waals surface area contributed by atoms with Gasteiger partial charge in [0.2, 0.25) is 5.91 Å². The molecule has 0 spiro atoms. The van der Waals surface area contributed by atoms with Gasteiger partial charge >= 0.3 is 0 Å². The van der Waals surface area contributed by atoms with Crippen molar-refractivity contribution in [2.75, 3.05) is 11.1 Å². The Balaban J connectivity index is 2.39. The van der Waals surface area contributed by atoms with Gasteiger partial charge in [0, 0.05) is 18.7 Å². The van der Waals surface area contributed by atoms with E-state index >= 15 is 0 Å². The highest BCUT2D eigenvalue weighted by Gasteiger charge is 2.33. The minimum atomic E-state index is -4.79. The summed E-state index contributed by atoms with van der Waals surface area (Å²) >= 11 is 0. The first kappa shape index (κ1) is 18.3. The molecule has 0 unspecified atom stereocenters. The lowest BCUT2D eigenvalue weighted by Gasteiger charge is -2.16. The Morgan fingerprint density at radius 3 is 2.44 bits per heavy atom. The number of hydrogen-bond acceptors (Lipinski definition) is 7. The number of aromatic nitrogens is 1. The molecule has 5 N–H and O–H groups in total. The molecule has 1 aliphatic rings. The normalized spacial score (nSPS) is 13.3. The predicted molar refractivity (Wildman–Crippen MR) is 92.4 cm³/mol. The largest absolute Gasteiger partial charge is 0.384 e. The number of pyridine rings is 1. The summed E-state index contributed by atoms with van der Waals surface area (Å²) in [4.78, 5) is 46.7. The van der Waals surface area contributed by atoms with Crippen molar-refractivity contribution >= 4 is 39.3 Å². The fraction of sp³-hybridized carbons (Fsp3) is 0.0667. The highest BCUT2D eigenvalue weighted by molar-refractivity contribution is 7.86. The standard InChI is InChI=1S/C15H12N4O7S/c1-6(20)17-7-2-3-10(27(24,25)26)9(4-7)19-11(21)5-8-12(13(19)16)15(23)18-14(8)22/h2-5H,16H2,1H3,(H,17,20)(H,18,22,23)(H,24,25,26). The molecule has 0 fully saturated rings. The molecule has 140 valence electrons. The maximum absolute atomic E-state index is 12.5. The second kappa shape index (κ2) is 6.03. The van der Waals surface area contributed by atoms with E-state index in [2.05, 4.69) is 5.32 Å². The number of rotatable bonds is 3. The summed E-state index contributed by atoms with van der Waals surface area (Å²) in [5.74, 6) is -2.63. The van der Waals surface area contributed by atoms with Gasteiger partial charge in [-0.25, -0.2) is 0 Å². The molecule has 12 heteroatoms. The van der Waals surface area contributed by atoms with E-state index in [0.29, 0.717) is 4.57 Å². The SMILES string of the molecule is CC(=O)Nc1ccc(S(=O)(=O)O)c(-n2c(N)c3c(cc2=O)C(=O)NC3=O)c1. The van der Waals surface area contributed by atoms with E-state index in [1.165, 1.54) is 13.0 Å². The van der Waals surface area contributed by atoms with Crippen LogP contribution in [0.4, 0.5) is 11.5 Å². The molecule has 0 radical (unpaired) electrons. The topological polar surface area (TPSA) is 178 Å². The molecular weight excluding hydrogens is 380 g/mol. The number of carbonyl (C=O) groups is 3. The monoisotopic (exact) mass is 392 g/mol. The molecule has 11 nitrogen and oxygen atoms in total. The van der Waals surface area contributed by atoms with E-state index in [0.717, 1.165) is 18.2 Å². The maximum Gasteiger partial charge on any atom is 0.296 e. The van der Waals surface area contributed by atoms with Gasteiger partial charge in [0.25, 0.3) is 27.5 Å². The lowest BCUT2D eigenvalue weighted by molar-refractivity contribution is -0.114. The van der Waals surface area contributed by atoms with Crippen molar-refractivity contribution in [3.63, 3.8) is 0 Å². The van der Waals surface area contributed by atoms with Crippen molar-refractivity contribution < 1.29 is 27.4 Å². The minimum absolute atomic E-state index is 0.109. The molecule has 3 amide bonds. The van der Waals surface area contributed by atoms with Crippen molar-refractivity contribution in [2.45, 2.75) is 11.8 Å². The van der Waals surface area contributed by atoms with E-state index in [1.807, 2.05) is 5.32 Å². The number of fused-ring (bicyclic) bond motifs is 1. The number of imide groups is 1. The molecule has 2 aromatic rings. The summed E-state index contributed by atoms with van der Waals surface area (Å²) in [5.41, 5.74) is 4.12. The van der Waals surface area contributed by atoms with E-state index < -0.39 is 49.8 Å². The maximum atomic E-state index is 12.5. The number of amides is 3. The molecule has 2 heterocycles. The van der Waals surface area contributed by atoms with Crippen LogP contribution in [0.3, 0.4) is 0 Å². The summed E-state index contributed by atoms with van der Waals surface area (Å²) in [6.45, 7) is 1.21. The van der Waals surface area contributed by atoms with Crippen LogP contribution in [0.15, 0.2) is 34.0 Å². The van der Waals surface area contributed by atoms with Crippen molar-refractivity contribution in [3.8, 4) is 5.69 Å². The van der Waals surface area contributed by atoms with Gasteiger partial charge in [0.1, 0.15) is 10.7 Å². The predicted octanol–water partition coefficient (Wildman–Crippen LogP) is -0.492. The third kappa shape index (κ3) is 3.07. The molecule has 1 aromatic heterocycles. The Bertz CT molecular complexity index is 1200. The summed E-state index contributed by atoms with van der Waals surface area (Å²) in [6, 6.07) is 4.06. The molecule has 0 atom stereocenters. The van der Waals surface area contributed by atoms with E-state index in [9.17, 15) is 32.1 Å². The third-order valence-electron chi connectivity index (χ3n) is 3.75. The van der Waals surface area contributed by atoms with Crippen LogP contribution in [0.1, 0.15) is 27.6 Å². The molecule has 0 aliphatic carbocycles. The summed E-state index contributed by atoms with van der Waals surface area (Å²) < 4.78 is 33.6. The highest BCUT2D eigenvalue weighted by Crippen LogP contribution is 2.28. The van der Waals surface area contributed by atoms with Crippen LogP contribution in [-0.4, -0.2) is 35.3 Å². The van der Waals surface area contributed by atoms with Crippen molar-refractivity contribution in [2.24, 2.45) is 0 Å². The van der Waals surface area contributed by atoms with Crippen LogP contribution in [0.5, 0.6) is 0 Å². The Morgan fingerprint density at radius 1 is 1.19 bits per heavy atom. The van der Waals surface area contributed by atoms with Gasteiger partial charge in [0.15, 0.2) is 0 Å². The molecule has 27 heavy (non-hydrogen) atoms. The lowest BCUT2D eigenvalue weighted by atomic mass is 10.1. The van der Waals surface area contributed by atoms with Gasteiger partial charge in [-0.15, -0.1) is 0 Å². The number of benzene rings is 1. The smallest absolute Gasteiger partial charge is 0.296 e. The van der Waals surface area contributed by atoms with Gasteiger partial charge in [-0.2, -0.15) is 8.42 Å². The van der Waals surface area contributed by atoms with Crippen molar-refractivity contribution in [3.05, 3.63) is 45.7 Å². The van der Waals surface area contributed by atoms with Gasteiger partial charge in [-0.05, 0) is 18.2 Å². The Kier molecular flexibility index (Phi) is 4.09. The first-order valence-corrected chi connectivity index (χ1v) is 8.75. The fourth-order valence-corrected chi connectivity index (χ4v) is 3.37. The molecule has 3 rings (SSSR count). The Morgan fingerprint density at radius 2 is 1.85 bits per heavy atom. The zero-order chi connectivity index (χ0) is 20.1. The molecule has 0 bridgehead atoms. The lowest BCUT2D eigenvalue weighted by Crippen LogP contribution is -2.25. The molecule has 1 aromatic carbocycles. The van der Waals surface area contributed by atoms with Crippen molar-refractivity contribution in [1.29, 1.82) is 0 Å². The molecule has 0 saturated carbocycles. The quantitative estimate of drug-likeness (QED) is 0.399. The van der Waals surface area contributed by atoms with Gasteiger partial charge < -0.3 is 11.1 Å². The zero-order valence-electron chi connectivity index (χ0n) is 13.6. The zero-order valence-corrected chi connectivity index (χ0v) is 14.5. The van der Waals surface area contributed by atoms with E-state index in [1.54, 1.807) is 0 Å². The van der Waals surface area contributed by atoms with Crippen LogP contribution in [0.25, 0.3) is 5.69 Å². The van der Waals surface area contributed by atoms with E-state index in [-0.39, 0.29) is 16.8 Å².